The molecule has 19 heavy (non-hydrogen) atoms. The number of hydrogen-bond acceptors (Lipinski definition) is 3. The molecule has 0 saturated heterocycles. The normalized spacial score (nSPS) is 26.1. The Morgan fingerprint density at radius 2 is 2.05 bits per heavy atom. The van der Waals surface area contributed by atoms with E-state index in [1.54, 1.807) is 0 Å². The molecule has 1 aliphatic carbocycles. The summed E-state index contributed by atoms with van der Waals surface area (Å²) in [5.74, 6) is 1.05. The molecule has 0 spiro atoms. The highest BCUT2D eigenvalue weighted by Crippen LogP contribution is 2.38. The van der Waals surface area contributed by atoms with Crippen LogP contribution in [0.25, 0.3) is 0 Å². The summed E-state index contributed by atoms with van der Waals surface area (Å²) in [5.41, 5.74) is 1.32. The van der Waals surface area contributed by atoms with Crippen LogP contribution in [0.4, 0.5) is 0 Å². The van der Waals surface area contributed by atoms with Crippen molar-refractivity contribution in [2.75, 3.05) is 19.7 Å². The lowest BCUT2D eigenvalue weighted by Crippen LogP contribution is -2.51. The number of hydrogen-bond donors (Lipinski definition) is 1. The molecule has 1 fully saturated rings. The summed E-state index contributed by atoms with van der Waals surface area (Å²) in [5, 5.41) is 3.67. The molecule has 1 aliphatic heterocycles. The standard InChI is InChI=1S/C16H24N2O/c1-3-17-16-13-7-5-6-8-15(13)19-11-14(16)18(4-2)12-9-10-12/h5-8,12,14,16-17H,3-4,9-11H2,1-2H3. The van der Waals surface area contributed by atoms with E-state index >= 15 is 0 Å². The predicted octanol–water partition coefficient (Wildman–Crippen LogP) is 2.58. The van der Waals surface area contributed by atoms with Crippen molar-refractivity contribution in [3.05, 3.63) is 29.8 Å². The summed E-state index contributed by atoms with van der Waals surface area (Å²) in [6.45, 7) is 7.36. The number of nitrogens with zero attached hydrogens (tertiary/aromatic N) is 1. The monoisotopic (exact) mass is 260 g/mol. The Labute approximate surface area is 115 Å². The van der Waals surface area contributed by atoms with Crippen molar-refractivity contribution in [2.24, 2.45) is 0 Å². The lowest BCUT2D eigenvalue weighted by Gasteiger charge is -2.40. The molecular formula is C16H24N2O. The SMILES string of the molecule is CCNC1c2ccccc2OCC1N(CC)C1CC1. The number of benzene rings is 1. The minimum atomic E-state index is 0.399. The van der Waals surface area contributed by atoms with E-state index in [9.17, 15) is 0 Å². The van der Waals surface area contributed by atoms with Crippen molar-refractivity contribution in [3.63, 3.8) is 0 Å². The van der Waals surface area contributed by atoms with Crippen molar-refractivity contribution in [3.8, 4) is 5.75 Å². The quantitative estimate of drug-likeness (QED) is 0.880. The molecule has 0 aromatic heterocycles. The second-order valence-electron chi connectivity index (χ2n) is 5.51. The second-order valence-corrected chi connectivity index (χ2v) is 5.51. The number of nitrogens with one attached hydrogen (secondary N) is 1. The Hall–Kier alpha value is -1.06. The van der Waals surface area contributed by atoms with Gasteiger partial charge >= 0.3 is 0 Å². The Kier molecular flexibility index (Phi) is 3.76. The largest absolute Gasteiger partial charge is 0.492 e. The van der Waals surface area contributed by atoms with Gasteiger partial charge in [-0.2, -0.15) is 0 Å². The molecule has 3 nitrogen and oxygen atoms in total. The maximum atomic E-state index is 5.99. The third-order valence-corrected chi connectivity index (χ3v) is 4.28. The number of ether oxygens (including phenoxy) is 1. The molecule has 1 aromatic carbocycles. The minimum absolute atomic E-state index is 0.399. The van der Waals surface area contributed by atoms with Gasteiger partial charge in [-0.3, -0.25) is 4.90 Å². The van der Waals surface area contributed by atoms with Crippen LogP contribution in [0.1, 0.15) is 38.3 Å². The van der Waals surface area contributed by atoms with Gasteiger partial charge in [0.15, 0.2) is 0 Å². The smallest absolute Gasteiger partial charge is 0.124 e. The molecule has 1 heterocycles. The van der Waals surface area contributed by atoms with Crippen LogP contribution in [-0.4, -0.2) is 36.7 Å². The molecule has 2 atom stereocenters. The molecule has 104 valence electrons. The first kappa shape index (κ1) is 12.9. The summed E-state index contributed by atoms with van der Waals surface area (Å²) >= 11 is 0. The maximum absolute atomic E-state index is 5.99. The number of likely N-dealkylation sites (N-methyl/N-ethyl adjacent to an activating group) is 2. The summed E-state index contributed by atoms with van der Waals surface area (Å²) < 4.78 is 5.99. The lowest BCUT2D eigenvalue weighted by atomic mass is 9.94. The van der Waals surface area contributed by atoms with Gasteiger partial charge in [-0.05, 0) is 32.0 Å². The van der Waals surface area contributed by atoms with E-state index in [-0.39, 0.29) is 0 Å². The van der Waals surface area contributed by atoms with Gasteiger partial charge in [-0.15, -0.1) is 0 Å². The summed E-state index contributed by atoms with van der Waals surface area (Å²) in [7, 11) is 0. The molecule has 0 bridgehead atoms. The first-order valence-electron chi connectivity index (χ1n) is 7.56. The van der Waals surface area contributed by atoms with E-state index in [2.05, 4.69) is 48.3 Å². The average Bonchev–Trinajstić information content (AvgIpc) is 3.26. The molecule has 1 saturated carbocycles. The first-order chi connectivity index (χ1) is 9.35. The van der Waals surface area contributed by atoms with E-state index in [1.807, 2.05) is 0 Å². The molecule has 3 heteroatoms. The van der Waals surface area contributed by atoms with Crippen LogP contribution in [0.3, 0.4) is 0 Å². The van der Waals surface area contributed by atoms with Crippen LogP contribution in [-0.2, 0) is 0 Å². The number of fused-ring (bicyclic) bond motifs is 1. The van der Waals surface area contributed by atoms with Crippen LogP contribution in [0, 0.1) is 0 Å². The molecule has 1 N–H and O–H groups in total. The Balaban J connectivity index is 1.88. The van der Waals surface area contributed by atoms with Crippen molar-refractivity contribution < 1.29 is 4.74 Å². The molecule has 1 aromatic rings. The molecule has 2 unspecified atom stereocenters. The lowest BCUT2D eigenvalue weighted by molar-refractivity contribution is 0.0841. The minimum Gasteiger partial charge on any atom is -0.492 e. The van der Waals surface area contributed by atoms with Crippen LogP contribution in [0.15, 0.2) is 24.3 Å². The molecular weight excluding hydrogens is 236 g/mol. The van der Waals surface area contributed by atoms with Gasteiger partial charge < -0.3 is 10.1 Å². The van der Waals surface area contributed by atoms with Gasteiger partial charge in [0, 0.05) is 11.6 Å². The van der Waals surface area contributed by atoms with Gasteiger partial charge in [-0.25, -0.2) is 0 Å². The van der Waals surface area contributed by atoms with Crippen LogP contribution >= 0.6 is 0 Å². The third-order valence-electron chi connectivity index (χ3n) is 4.28. The van der Waals surface area contributed by atoms with Gasteiger partial charge in [0.1, 0.15) is 12.4 Å². The highest BCUT2D eigenvalue weighted by molar-refractivity contribution is 5.39. The average molecular weight is 260 g/mol. The summed E-state index contributed by atoms with van der Waals surface area (Å²) in [6, 6.07) is 10.1. The molecule has 0 amide bonds. The molecule has 3 rings (SSSR count). The zero-order chi connectivity index (χ0) is 13.2. The van der Waals surface area contributed by atoms with Gasteiger partial charge in [0.25, 0.3) is 0 Å². The van der Waals surface area contributed by atoms with Gasteiger partial charge in [-0.1, -0.05) is 32.0 Å². The van der Waals surface area contributed by atoms with E-state index < -0.39 is 0 Å². The van der Waals surface area contributed by atoms with E-state index in [0.29, 0.717) is 12.1 Å². The maximum Gasteiger partial charge on any atom is 0.124 e. The molecule has 2 aliphatic rings. The van der Waals surface area contributed by atoms with Crippen molar-refractivity contribution in [1.82, 2.24) is 10.2 Å². The van der Waals surface area contributed by atoms with E-state index in [0.717, 1.165) is 31.5 Å². The first-order valence-corrected chi connectivity index (χ1v) is 7.56. The van der Waals surface area contributed by atoms with Gasteiger partial charge in [0.2, 0.25) is 0 Å². The van der Waals surface area contributed by atoms with E-state index in [1.165, 1.54) is 18.4 Å². The van der Waals surface area contributed by atoms with Crippen LogP contribution < -0.4 is 10.1 Å². The zero-order valence-corrected chi connectivity index (χ0v) is 11.9. The summed E-state index contributed by atoms with van der Waals surface area (Å²) in [6.07, 6.45) is 2.70. The third kappa shape index (κ3) is 2.49. The second kappa shape index (κ2) is 5.51. The highest BCUT2D eigenvalue weighted by atomic mass is 16.5. The van der Waals surface area contributed by atoms with Crippen LogP contribution in [0.2, 0.25) is 0 Å². The fraction of sp³-hybridized carbons (Fsp3) is 0.625. The van der Waals surface area contributed by atoms with Crippen molar-refractivity contribution >= 4 is 0 Å². The van der Waals surface area contributed by atoms with Crippen molar-refractivity contribution in [1.29, 1.82) is 0 Å². The highest BCUT2D eigenvalue weighted by Gasteiger charge is 2.40. The Morgan fingerprint density at radius 1 is 1.26 bits per heavy atom. The van der Waals surface area contributed by atoms with Gasteiger partial charge in [0.05, 0.1) is 12.1 Å². The molecule has 0 radical (unpaired) electrons. The topological polar surface area (TPSA) is 24.5 Å². The number of para-hydroxylation sites is 1. The zero-order valence-electron chi connectivity index (χ0n) is 11.9. The van der Waals surface area contributed by atoms with E-state index in [4.69, 9.17) is 4.74 Å². The van der Waals surface area contributed by atoms with Crippen LogP contribution in [0.5, 0.6) is 5.75 Å². The summed E-state index contributed by atoms with van der Waals surface area (Å²) in [4.78, 5) is 2.63. The fourth-order valence-corrected chi connectivity index (χ4v) is 3.27. The Bertz CT molecular complexity index is 431. The Morgan fingerprint density at radius 3 is 2.74 bits per heavy atom. The fourth-order valence-electron chi connectivity index (χ4n) is 3.27. The number of rotatable bonds is 5. The predicted molar refractivity (Wildman–Crippen MR) is 77.5 cm³/mol. The van der Waals surface area contributed by atoms with Crippen molar-refractivity contribution in [2.45, 2.75) is 44.8 Å².